The van der Waals surface area contributed by atoms with Gasteiger partial charge in [0.2, 0.25) is 0 Å². The zero-order chi connectivity index (χ0) is 14.5. The van der Waals surface area contributed by atoms with Crippen LogP contribution in [0.4, 0.5) is 5.69 Å². The number of phenolic OH excluding ortho intramolecular Hbond substituents is 2. The first-order valence-corrected chi connectivity index (χ1v) is 6.56. The predicted molar refractivity (Wildman–Crippen MR) is 79.3 cm³/mol. The van der Waals surface area contributed by atoms with Crippen LogP contribution in [0, 0.1) is 0 Å². The Kier molecular flexibility index (Phi) is 4.35. The summed E-state index contributed by atoms with van der Waals surface area (Å²) in [5, 5.41) is 21.9. The van der Waals surface area contributed by atoms with E-state index in [0.717, 1.165) is 17.0 Å². The van der Waals surface area contributed by atoms with E-state index in [-0.39, 0.29) is 17.6 Å². The Labute approximate surface area is 118 Å². The molecule has 0 unspecified atom stereocenters. The number of hydrogen-bond acceptors (Lipinski definition) is 4. The summed E-state index contributed by atoms with van der Waals surface area (Å²) in [5.41, 5.74) is 1.86. The van der Waals surface area contributed by atoms with E-state index >= 15 is 0 Å². The maximum absolute atomic E-state index is 9.42. The molecule has 0 atom stereocenters. The van der Waals surface area contributed by atoms with Crippen molar-refractivity contribution >= 4 is 5.69 Å². The molecule has 0 spiro atoms. The molecule has 0 fully saturated rings. The van der Waals surface area contributed by atoms with Gasteiger partial charge in [-0.1, -0.05) is 6.07 Å². The fourth-order valence-electron chi connectivity index (χ4n) is 1.81. The lowest BCUT2D eigenvalue weighted by Gasteiger charge is -2.11. The Morgan fingerprint density at radius 1 is 1.00 bits per heavy atom. The normalized spacial score (nSPS) is 10.6. The Hall–Kier alpha value is -2.36. The Bertz CT molecular complexity index is 564. The lowest BCUT2D eigenvalue weighted by atomic mass is 10.2. The van der Waals surface area contributed by atoms with Crippen LogP contribution < -0.4 is 10.1 Å². The standard InChI is InChI=1S/C16H19NO3/c1-11(2)20-14-6-4-13(5-7-14)17-10-12-3-8-15(18)16(19)9-12/h3-9,11,17-19H,10H2,1-2H3. The van der Waals surface area contributed by atoms with Gasteiger partial charge in [-0.2, -0.15) is 0 Å². The molecule has 20 heavy (non-hydrogen) atoms. The number of nitrogens with one attached hydrogen (secondary N) is 1. The molecular formula is C16H19NO3. The van der Waals surface area contributed by atoms with E-state index in [4.69, 9.17) is 4.74 Å². The van der Waals surface area contributed by atoms with Crippen molar-refractivity contribution in [3.8, 4) is 17.2 Å². The molecule has 0 aliphatic carbocycles. The van der Waals surface area contributed by atoms with Gasteiger partial charge in [-0.25, -0.2) is 0 Å². The fourth-order valence-corrected chi connectivity index (χ4v) is 1.81. The van der Waals surface area contributed by atoms with Gasteiger partial charge >= 0.3 is 0 Å². The van der Waals surface area contributed by atoms with Gasteiger partial charge in [0, 0.05) is 12.2 Å². The van der Waals surface area contributed by atoms with Crippen LogP contribution in [0.1, 0.15) is 19.4 Å². The predicted octanol–water partition coefficient (Wildman–Crippen LogP) is 3.50. The van der Waals surface area contributed by atoms with E-state index in [1.54, 1.807) is 12.1 Å². The van der Waals surface area contributed by atoms with Crippen LogP contribution in [0.5, 0.6) is 17.2 Å². The summed E-state index contributed by atoms with van der Waals surface area (Å²) < 4.78 is 5.57. The van der Waals surface area contributed by atoms with Crippen molar-refractivity contribution in [2.45, 2.75) is 26.5 Å². The second kappa shape index (κ2) is 6.19. The lowest BCUT2D eigenvalue weighted by Crippen LogP contribution is -2.05. The molecule has 2 rings (SSSR count). The number of aromatic hydroxyl groups is 2. The highest BCUT2D eigenvalue weighted by Crippen LogP contribution is 2.25. The smallest absolute Gasteiger partial charge is 0.157 e. The van der Waals surface area contributed by atoms with Crippen molar-refractivity contribution in [2.75, 3.05) is 5.32 Å². The van der Waals surface area contributed by atoms with Crippen LogP contribution >= 0.6 is 0 Å². The average Bonchev–Trinajstić information content (AvgIpc) is 2.41. The first-order valence-electron chi connectivity index (χ1n) is 6.56. The third-order valence-corrected chi connectivity index (χ3v) is 2.76. The van der Waals surface area contributed by atoms with E-state index in [1.807, 2.05) is 38.1 Å². The number of rotatable bonds is 5. The minimum atomic E-state index is -0.107. The molecule has 106 valence electrons. The summed E-state index contributed by atoms with van der Waals surface area (Å²) >= 11 is 0. The Morgan fingerprint density at radius 3 is 2.30 bits per heavy atom. The van der Waals surface area contributed by atoms with Crippen molar-refractivity contribution in [2.24, 2.45) is 0 Å². The number of phenols is 2. The molecule has 4 heteroatoms. The fraction of sp³-hybridized carbons (Fsp3) is 0.250. The Morgan fingerprint density at radius 2 is 1.70 bits per heavy atom. The molecule has 0 radical (unpaired) electrons. The zero-order valence-electron chi connectivity index (χ0n) is 11.6. The first kappa shape index (κ1) is 14.1. The monoisotopic (exact) mass is 273 g/mol. The molecule has 0 amide bonds. The van der Waals surface area contributed by atoms with Gasteiger partial charge in [0.25, 0.3) is 0 Å². The minimum Gasteiger partial charge on any atom is -0.504 e. The van der Waals surface area contributed by atoms with Crippen molar-refractivity contribution in [1.29, 1.82) is 0 Å². The molecular weight excluding hydrogens is 254 g/mol. The van der Waals surface area contributed by atoms with Gasteiger partial charge in [-0.3, -0.25) is 0 Å². The number of anilines is 1. The Balaban J connectivity index is 1.95. The largest absolute Gasteiger partial charge is 0.504 e. The molecule has 4 nitrogen and oxygen atoms in total. The van der Waals surface area contributed by atoms with E-state index in [9.17, 15) is 10.2 Å². The minimum absolute atomic E-state index is 0.106. The van der Waals surface area contributed by atoms with Crippen LogP contribution in [0.3, 0.4) is 0 Å². The molecule has 0 aromatic heterocycles. The summed E-state index contributed by atoms with van der Waals surface area (Å²) in [7, 11) is 0. The van der Waals surface area contributed by atoms with Gasteiger partial charge < -0.3 is 20.3 Å². The molecule has 3 N–H and O–H groups in total. The number of ether oxygens (including phenoxy) is 1. The van der Waals surface area contributed by atoms with Gasteiger partial charge in [0.1, 0.15) is 5.75 Å². The lowest BCUT2D eigenvalue weighted by molar-refractivity contribution is 0.242. The first-order chi connectivity index (χ1) is 9.54. The highest BCUT2D eigenvalue weighted by molar-refractivity contribution is 5.48. The second-order valence-electron chi connectivity index (χ2n) is 4.87. The number of hydrogen-bond donors (Lipinski definition) is 3. The van der Waals surface area contributed by atoms with E-state index in [0.29, 0.717) is 6.54 Å². The van der Waals surface area contributed by atoms with Crippen LogP contribution in [0.25, 0.3) is 0 Å². The summed E-state index contributed by atoms with van der Waals surface area (Å²) in [6, 6.07) is 12.5. The topological polar surface area (TPSA) is 61.7 Å². The van der Waals surface area contributed by atoms with Gasteiger partial charge in [0.05, 0.1) is 6.10 Å². The van der Waals surface area contributed by atoms with Gasteiger partial charge in [-0.15, -0.1) is 0 Å². The highest BCUT2D eigenvalue weighted by Gasteiger charge is 2.01. The highest BCUT2D eigenvalue weighted by atomic mass is 16.5. The van der Waals surface area contributed by atoms with Crippen molar-refractivity contribution in [3.05, 3.63) is 48.0 Å². The van der Waals surface area contributed by atoms with Crippen LogP contribution in [0.2, 0.25) is 0 Å². The van der Waals surface area contributed by atoms with E-state index in [1.165, 1.54) is 6.07 Å². The molecule has 2 aromatic carbocycles. The molecule has 0 bridgehead atoms. The number of benzene rings is 2. The third kappa shape index (κ3) is 3.82. The van der Waals surface area contributed by atoms with Crippen molar-refractivity contribution in [1.82, 2.24) is 0 Å². The molecule has 0 heterocycles. The van der Waals surface area contributed by atoms with Gasteiger partial charge in [0.15, 0.2) is 11.5 Å². The summed E-state index contributed by atoms with van der Waals surface area (Å²) in [6.45, 7) is 4.55. The third-order valence-electron chi connectivity index (χ3n) is 2.76. The molecule has 0 aliphatic heterocycles. The molecule has 0 saturated heterocycles. The second-order valence-corrected chi connectivity index (χ2v) is 4.87. The summed E-state index contributed by atoms with van der Waals surface area (Å²) in [5.74, 6) is 0.627. The van der Waals surface area contributed by atoms with Crippen LogP contribution in [-0.2, 0) is 6.54 Å². The van der Waals surface area contributed by atoms with Crippen molar-refractivity contribution in [3.63, 3.8) is 0 Å². The SMILES string of the molecule is CC(C)Oc1ccc(NCc2ccc(O)c(O)c2)cc1. The van der Waals surface area contributed by atoms with E-state index in [2.05, 4.69) is 5.32 Å². The maximum atomic E-state index is 9.42. The van der Waals surface area contributed by atoms with Crippen molar-refractivity contribution < 1.29 is 14.9 Å². The van der Waals surface area contributed by atoms with Crippen LogP contribution in [0.15, 0.2) is 42.5 Å². The van der Waals surface area contributed by atoms with E-state index < -0.39 is 0 Å². The summed E-state index contributed by atoms with van der Waals surface area (Å²) in [4.78, 5) is 0. The van der Waals surface area contributed by atoms with Crippen LogP contribution in [-0.4, -0.2) is 16.3 Å². The van der Waals surface area contributed by atoms with Gasteiger partial charge in [-0.05, 0) is 55.8 Å². The molecule has 0 aliphatic rings. The molecule has 2 aromatic rings. The summed E-state index contributed by atoms with van der Waals surface area (Å²) in [6.07, 6.45) is 0.161. The average molecular weight is 273 g/mol. The maximum Gasteiger partial charge on any atom is 0.157 e. The zero-order valence-corrected chi connectivity index (χ0v) is 11.6. The molecule has 0 saturated carbocycles. The quantitative estimate of drug-likeness (QED) is 0.730.